The molecule has 0 bridgehead atoms. The van der Waals surface area contributed by atoms with Gasteiger partial charge in [0, 0.05) is 30.5 Å². The van der Waals surface area contributed by atoms with Gasteiger partial charge < -0.3 is 9.84 Å². The Kier molecular flexibility index (Phi) is 4.65. The van der Waals surface area contributed by atoms with Crippen molar-refractivity contribution in [1.29, 1.82) is 0 Å². The van der Waals surface area contributed by atoms with E-state index in [1.165, 1.54) is 0 Å². The molecule has 29 heavy (non-hydrogen) atoms. The van der Waals surface area contributed by atoms with Crippen LogP contribution in [0.5, 0.6) is 0 Å². The summed E-state index contributed by atoms with van der Waals surface area (Å²) in [5, 5.41) is 16.3. The van der Waals surface area contributed by atoms with Crippen molar-refractivity contribution in [3.8, 4) is 11.3 Å². The van der Waals surface area contributed by atoms with Gasteiger partial charge in [-0.05, 0) is 39.8 Å². The number of nitrogens with one attached hydrogen (secondary N) is 1. The number of amides is 1. The summed E-state index contributed by atoms with van der Waals surface area (Å²) < 4.78 is 8.93. The number of hydrogen-bond acceptors (Lipinski definition) is 6. The summed E-state index contributed by atoms with van der Waals surface area (Å²) >= 11 is 0. The lowest BCUT2D eigenvalue weighted by molar-refractivity contribution is 0.0937. The van der Waals surface area contributed by atoms with Crippen molar-refractivity contribution in [3.63, 3.8) is 0 Å². The standard InChI is InChI=1S/C20H23N7O2/c1-11-6-13(3)27(24-11)9-12(2)22-19(28)16-7-17(15-8-21-26(5)10-15)23-20-18(16)14(4)25-29-20/h6-8,10,12H,9H2,1-5H3,(H,22,28). The van der Waals surface area contributed by atoms with Crippen LogP contribution in [-0.4, -0.2) is 41.7 Å². The first-order valence-corrected chi connectivity index (χ1v) is 9.40. The second kappa shape index (κ2) is 7.16. The summed E-state index contributed by atoms with van der Waals surface area (Å²) in [5.74, 6) is -0.206. The first-order chi connectivity index (χ1) is 13.8. The molecule has 0 saturated heterocycles. The molecule has 9 heteroatoms. The van der Waals surface area contributed by atoms with Crippen LogP contribution >= 0.6 is 0 Å². The molecule has 0 saturated carbocycles. The SMILES string of the molecule is Cc1cc(C)n(CC(C)NC(=O)c2cc(-c3cnn(C)c3)nc3onc(C)c23)n1. The lowest BCUT2D eigenvalue weighted by atomic mass is 10.1. The maximum absolute atomic E-state index is 13.1. The Bertz CT molecular complexity index is 1200. The van der Waals surface area contributed by atoms with Gasteiger partial charge in [-0.3, -0.25) is 14.2 Å². The maximum Gasteiger partial charge on any atom is 0.259 e. The number of rotatable bonds is 5. The molecular formula is C20H23N7O2. The summed E-state index contributed by atoms with van der Waals surface area (Å²) in [4.78, 5) is 17.6. The number of pyridine rings is 1. The predicted molar refractivity (Wildman–Crippen MR) is 107 cm³/mol. The Morgan fingerprint density at radius 3 is 2.72 bits per heavy atom. The van der Waals surface area contributed by atoms with Gasteiger partial charge >= 0.3 is 0 Å². The first kappa shape index (κ1) is 18.9. The summed E-state index contributed by atoms with van der Waals surface area (Å²) in [6.45, 7) is 8.29. The monoisotopic (exact) mass is 393 g/mol. The Balaban J connectivity index is 1.65. The van der Waals surface area contributed by atoms with Crippen LogP contribution in [-0.2, 0) is 13.6 Å². The molecule has 1 atom stereocenters. The highest BCUT2D eigenvalue weighted by molar-refractivity contribution is 6.07. The van der Waals surface area contributed by atoms with Crippen LogP contribution in [0.2, 0.25) is 0 Å². The van der Waals surface area contributed by atoms with E-state index in [9.17, 15) is 4.79 Å². The van der Waals surface area contributed by atoms with E-state index in [0.29, 0.717) is 34.6 Å². The smallest absolute Gasteiger partial charge is 0.259 e. The molecule has 0 aromatic carbocycles. The van der Waals surface area contributed by atoms with Crippen LogP contribution in [0.3, 0.4) is 0 Å². The number of carbonyl (C=O) groups is 1. The molecule has 4 aromatic rings. The molecular weight excluding hydrogens is 370 g/mol. The minimum absolute atomic E-state index is 0.120. The molecule has 0 aliphatic carbocycles. The van der Waals surface area contributed by atoms with E-state index in [1.807, 2.05) is 44.8 Å². The van der Waals surface area contributed by atoms with E-state index in [-0.39, 0.29) is 11.9 Å². The molecule has 0 spiro atoms. The number of aryl methyl sites for hydroxylation is 4. The van der Waals surface area contributed by atoms with Gasteiger partial charge in [0.15, 0.2) is 0 Å². The Labute approximate surface area is 167 Å². The lowest BCUT2D eigenvalue weighted by Crippen LogP contribution is -2.36. The summed E-state index contributed by atoms with van der Waals surface area (Å²) in [7, 11) is 1.83. The van der Waals surface area contributed by atoms with Gasteiger partial charge in [-0.1, -0.05) is 5.16 Å². The second-order valence-electron chi connectivity index (χ2n) is 7.39. The Hall–Kier alpha value is -3.49. The molecule has 1 unspecified atom stereocenters. The van der Waals surface area contributed by atoms with Crippen molar-refractivity contribution in [3.05, 3.63) is 47.2 Å². The van der Waals surface area contributed by atoms with Gasteiger partial charge in [-0.15, -0.1) is 0 Å². The summed E-state index contributed by atoms with van der Waals surface area (Å²) in [6.07, 6.45) is 3.54. The highest BCUT2D eigenvalue weighted by Crippen LogP contribution is 2.26. The van der Waals surface area contributed by atoms with Crippen LogP contribution in [0.25, 0.3) is 22.4 Å². The quantitative estimate of drug-likeness (QED) is 0.559. The molecule has 0 radical (unpaired) electrons. The molecule has 1 amide bonds. The zero-order valence-electron chi connectivity index (χ0n) is 17.1. The van der Waals surface area contributed by atoms with Gasteiger partial charge in [0.2, 0.25) is 0 Å². The summed E-state index contributed by atoms with van der Waals surface area (Å²) in [6, 6.07) is 3.65. The molecule has 4 heterocycles. The average Bonchev–Trinajstić information content (AvgIpc) is 3.34. The number of aromatic nitrogens is 6. The first-order valence-electron chi connectivity index (χ1n) is 9.40. The van der Waals surface area contributed by atoms with Crippen molar-refractivity contribution in [1.82, 2.24) is 35.0 Å². The van der Waals surface area contributed by atoms with Gasteiger partial charge in [-0.25, -0.2) is 4.98 Å². The lowest BCUT2D eigenvalue weighted by Gasteiger charge is -2.16. The average molecular weight is 393 g/mol. The molecule has 0 aliphatic rings. The van der Waals surface area contributed by atoms with E-state index >= 15 is 0 Å². The molecule has 0 fully saturated rings. The number of nitrogens with zero attached hydrogens (tertiary/aromatic N) is 6. The zero-order valence-corrected chi connectivity index (χ0v) is 17.1. The van der Waals surface area contributed by atoms with Gasteiger partial charge in [0.05, 0.1) is 40.8 Å². The zero-order chi connectivity index (χ0) is 20.7. The fourth-order valence-corrected chi connectivity index (χ4v) is 3.44. The fraction of sp³-hybridized carbons (Fsp3) is 0.350. The minimum atomic E-state index is -0.206. The normalized spacial score (nSPS) is 12.4. The minimum Gasteiger partial charge on any atom is -0.348 e. The van der Waals surface area contributed by atoms with Gasteiger partial charge in [0.25, 0.3) is 11.6 Å². The van der Waals surface area contributed by atoms with Crippen LogP contribution < -0.4 is 5.32 Å². The molecule has 1 N–H and O–H groups in total. The van der Waals surface area contributed by atoms with Gasteiger partial charge in [0.1, 0.15) is 0 Å². The highest BCUT2D eigenvalue weighted by Gasteiger charge is 2.21. The third-order valence-electron chi connectivity index (χ3n) is 4.79. The molecule has 4 rings (SSSR count). The number of carbonyl (C=O) groups excluding carboxylic acids is 1. The number of hydrogen-bond donors (Lipinski definition) is 1. The summed E-state index contributed by atoms with van der Waals surface area (Å²) in [5.41, 5.74) is 4.86. The van der Waals surface area contributed by atoms with Crippen molar-refractivity contribution in [2.45, 2.75) is 40.3 Å². The molecule has 0 aliphatic heterocycles. The van der Waals surface area contributed by atoms with Crippen LogP contribution in [0.15, 0.2) is 29.0 Å². The van der Waals surface area contributed by atoms with Crippen molar-refractivity contribution in [2.24, 2.45) is 7.05 Å². The third-order valence-corrected chi connectivity index (χ3v) is 4.79. The van der Waals surface area contributed by atoms with Gasteiger partial charge in [-0.2, -0.15) is 10.2 Å². The van der Waals surface area contributed by atoms with E-state index < -0.39 is 0 Å². The third kappa shape index (κ3) is 3.63. The number of fused-ring (bicyclic) bond motifs is 1. The second-order valence-corrected chi connectivity index (χ2v) is 7.39. The largest absolute Gasteiger partial charge is 0.348 e. The van der Waals surface area contributed by atoms with Crippen LogP contribution in [0.1, 0.15) is 34.4 Å². The van der Waals surface area contributed by atoms with Crippen molar-refractivity contribution in [2.75, 3.05) is 0 Å². The highest BCUT2D eigenvalue weighted by atomic mass is 16.5. The van der Waals surface area contributed by atoms with E-state index in [2.05, 4.69) is 25.7 Å². The van der Waals surface area contributed by atoms with Crippen LogP contribution in [0, 0.1) is 20.8 Å². The predicted octanol–water partition coefficient (Wildman–Crippen LogP) is 2.56. The van der Waals surface area contributed by atoms with E-state index in [1.54, 1.807) is 23.9 Å². The Morgan fingerprint density at radius 2 is 2.07 bits per heavy atom. The Morgan fingerprint density at radius 1 is 1.28 bits per heavy atom. The fourth-order valence-electron chi connectivity index (χ4n) is 3.44. The van der Waals surface area contributed by atoms with E-state index in [4.69, 9.17) is 4.52 Å². The maximum atomic E-state index is 13.1. The van der Waals surface area contributed by atoms with Crippen molar-refractivity contribution < 1.29 is 9.32 Å². The van der Waals surface area contributed by atoms with Crippen molar-refractivity contribution >= 4 is 17.0 Å². The van der Waals surface area contributed by atoms with Crippen LogP contribution in [0.4, 0.5) is 0 Å². The van der Waals surface area contributed by atoms with E-state index in [0.717, 1.165) is 17.0 Å². The topological polar surface area (TPSA) is 104 Å². The molecule has 9 nitrogen and oxygen atoms in total. The molecule has 4 aromatic heterocycles. The molecule has 150 valence electrons.